The lowest BCUT2D eigenvalue weighted by molar-refractivity contribution is 0.102. The van der Waals surface area contributed by atoms with Crippen LogP contribution in [0.15, 0.2) is 54.7 Å². The number of amides is 1. The summed E-state index contributed by atoms with van der Waals surface area (Å²) in [5.74, 6) is 1.19. The second-order valence-corrected chi connectivity index (χ2v) is 6.17. The lowest BCUT2D eigenvalue weighted by Gasteiger charge is -2.11. The molecule has 1 heterocycles. The summed E-state index contributed by atoms with van der Waals surface area (Å²) < 4.78 is 10.6. The van der Waals surface area contributed by atoms with Gasteiger partial charge < -0.3 is 20.1 Å². The first kappa shape index (κ1) is 19.4. The molecule has 0 spiro atoms. The van der Waals surface area contributed by atoms with Gasteiger partial charge in [-0.1, -0.05) is 29.8 Å². The number of hydrogen-bond acceptors (Lipinski definition) is 6. The van der Waals surface area contributed by atoms with Crippen molar-refractivity contribution in [2.75, 3.05) is 24.9 Å². The zero-order valence-electron chi connectivity index (χ0n) is 15.4. The summed E-state index contributed by atoms with van der Waals surface area (Å²) in [5, 5.41) is 6.33. The summed E-state index contributed by atoms with van der Waals surface area (Å²) in [4.78, 5) is 21.0. The van der Waals surface area contributed by atoms with E-state index in [2.05, 4.69) is 20.6 Å². The van der Waals surface area contributed by atoms with E-state index in [9.17, 15) is 4.79 Å². The van der Waals surface area contributed by atoms with Crippen molar-refractivity contribution in [3.63, 3.8) is 0 Å². The minimum atomic E-state index is -0.400. The number of hydrogen-bond donors (Lipinski definition) is 2. The van der Waals surface area contributed by atoms with E-state index in [0.717, 1.165) is 11.3 Å². The molecule has 0 aliphatic carbocycles. The largest absolute Gasteiger partial charge is 0.496 e. The molecular weight excluding hydrogens is 380 g/mol. The summed E-state index contributed by atoms with van der Waals surface area (Å²) in [6, 6.07) is 14.1. The molecule has 2 N–H and O–H groups in total. The number of methoxy groups -OCH3 is 2. The number of carbonyl (C=O) groups excluding carboxylic acids is 1. The average Bonchev–Trinajstić information content (AvgIpc) is 2.73. The Morgan fingerprint density at radius 2 is 1.86 bits per heavy atom. The number of benzene rings is 2. The number of nitrogens with zero attached hydrogens (tertiary/aromatic N) is 2. The molecule has 0 saturated carbocycles. The first-order chi connectivity index (χ1) is 13.6. The topological polar surface area (TPSA) is 85.4 Å². The van der Waals surface area contributed by atoms with E-state index in [-0.39, 0.29) is 5.69 Å². The minimum Gasteiger partial charge on any atom is -0.496 e. The highest BCUT2D eigenvalue weighted by molar-refractivity contribution is 6.31. The third-order valence-corrected chi connectivity index (χ3v) is 4.16. The number of aromatic nitrogens is 2. The predicted octanol–water partition coefficient (Wildman–Crippen LogP) is 4.01. The highest BCUT2D eigenvalue weighted by Gasteiger charge is 2.13. The zero-order chi connectivity index (χ0) is 19.9. The fourth-order valence-electron chi connectivity index (χ4n) is 2.56. The van der Waals surface area contributed by atoms with Crippen LogP contribution in [0.4, 0.5) is 11.6 Å². The van der Waals surface area contributed by atoms with Crippen molar-refractivity contribution in [2.24, 2.45) is 0 Å². The van der Waals surface area contributed by atoms with Crippen LogP contribution in [-0.4, -0.2) is 30.1 Å². The molecule has 0 unspecified atom stereocenters. The number of halogens is 1. The van der Waals surface area contributed by atoms with Crippen molar-refractivity contribution in [3.05, 3.63) is 71.0 Å². The summed E-state index contributed by atoms with van der Waals surface area (Å²) in [6.45, 7) is 0.456. The standard InChI is InChI=1S/C20H19ClN4O3/c1-27-17-6-4-3-5-13(17)12-23-20-22-10-9-15(25-20)19(26)24-16-11-14(21)7-8-18(16)28-2/h3-11H,12H2,1-2H3,(H,24,26)(H,22,23,25). The molecule has 0 aliphatic heterocycles. The molecule has 144 valence electrons. The lowest BCUT2D eigenvalue weighted by atomic mass is 10.2. The summed E-state index contributed by atoms with van der Waals surface area (Å²) in [5.41, 5.74) is 1.62. The van der Waals surface area contributed by atoms with Gasteiger partial charge in [0.05, 0.1) is 19.9 Å². The average molecular weight is 399 g/mol. The van der Waals surface area contributed by atoms with Crippen molar-refractivity contribution in [3.8, 4) is 11.5 Å². The van der Waals surface area contributed by atoms with E-state index in [4.69, 9.17) is 21.1 Å². The van der Waals surface area contributed by atoms with Crippen LogP contribution in [0, 0.1) is 0 Å². The molecule has 1 aromatic heterocycles. The van der Waals surface area contributed by atoms with Crippen LogP contribution in [0.1, 0.15) is 16.1 Å². The molecule has 8 heteroatoms. The van der Waals surface area contributed by atoms with Gasteiger partial charge >= 0.3 is 0 Å². The van der Waals surface area contributed by atoms with Gasteiger partial charge in [0.1, 0.15) is 17.2 Å². The minimum absolute atomic E-state index is 0.208. The zero-order valence-corrected chi connectivity index (χ0v) is 16.2. The maximum Gasteiger partial charge on any atom is 0.274 e. The van der Waals surface area contributed by atoms with Crippen molar-refractivity contribution >= 4 is 29.1 Å². The van der Waals surface area contributed by atoms with Gasteiger partial charge in [-0.25, -0.2) is 9.97 Å². The monoisotopic (exact) mass is 398 g/mol. The number of carbonyl (C=O) groups is 1. The van der Waals surface area contributed by atoms with Crippen LogP contribution in [0.25, 0.3) is 0 Å². The molecule has 0 bridgehead atoms. The van der Waals surface area contributed by atoms with E-state index >= 15 is 0 Å². The van der Waals surface area contributed by atoms with Gasteiger partial charge in [0.25, 0.3) is 5.91 Å². The van der Waals surface area contributed by atoms with Crippen LogP contribution in [0.3, 0.4) is 0 Å². The van der Waals surface area contributed by atoms with E-state index in [1.165, 1.54) is 19.4 Å². The predicted molar refractivity (Wildman–Crippen MR) is 108 cm³/mol. The Balaban J connectivity index is 1.72. The third kappa shape index (κ3) is 4.69. The molecular formula is C20H19ClN4O3. The number of ether oxygens (including phenoxy) is 2. The molecule has 2 aromatic carbocycles. The first-order valence-electron chi connectivity index (χ1n) is 8.44. The second kappa shape index (κ2) is 9.05. The Bertz CT molecular complexity index is 981. The molecule has 0 radical (unpaired) electrons. The Morgan fingerprint density at radius 1 is 1.07 bits per heavy atom. The molecule has 3 rings (SSSR count). The van der Waals surface area contributed by atoms with Crippen molar-refractivity contribution in [2.45, 2.75) is 6.54 Å². The van der Waals surface area contributed by atoms with Gasteiger partial charge in [-0.05, 0) is 30.3 Å². The molecule has 7 nitrogen and oxygen atoms in total. The van der Waals surface area contributed by atoms with Gasteiger partial charge in [-0.15, -0.1) is 0 Å². The fraction of sp³-hybridized carbons (Fsp3) is 0.150. The molecule has 0 saturated heterocycles. The third-order valence-electron chi connectivity index (χ3n) is 3.93. The smallest absolute Gasteiger partial charge is 0.274 e. The van der Waals surface area contributed by atoms with Crippen LogP contribution in [0.5, 0.6) is 11.5 Å². The number of nitrogens with one attached hydrogen (secondary N) is 2. The molecule has 28 heavy (non-hydrogen) atoms. The molecule has 1 amide bonds. The first-order valence-corrected chi connectivity index (χ1v) is 8.82. The fourth-order valence-corrected chi connectivity index (χ4v) is 2.73. The Hall–Kier alpha value is -3.32. The summed E-state index contributed by atoms with van der Waals surface area (Å²) in [7, 11) is 3.13. The Labute approximate surface area is 167 Å². The maximum absolute atomic E-state index is 12.6. The number of para-hydroxylation sites is 1. The highest BCUT2D eigenvalue weighted by Crippen LogP contribution is 2.28. The molecule has 0 atom stereocenters. The maximum atomic E-state index is 12.6. The molecule has 3 aromatic rings. The summed E-state index contributed by atoms with van der Waals surface area (Å²) in [6.07, 6.45) is 1.52. The summed E-state index contributed by atoms with van der Waals surface area (Å²) >= 11 is 6.00. The van der Waals surface area contributed by atoms with Crippen LogP contribution in [-0.2, 0) is 6.54 Å². The molecule has 0 fully saturated rings. The van der Waals surface area contributed by atoms with E-state index < -0.39 is 5.91 Å². The van der Waals surface area contributed by atoms with Crippen LogP contribution >= 0.6 is 11.6 Å². The van der Waals surface area contributed by atoms with Crippen molar-refractivity contribution in [1.29, 1.82) is 0 Å². The van der Waals surface area contributed by atoms with Crippen molar-refractivity contribution < 1.29 is 14.3 Å². The molecule has 0 aliphatic rings. The van der Waals surface area contributed by atoms with Gasteiger partial charge in [0, 0.05) is 23.3 Å². The van der Waals surface area contributed by atoms with Crippen LogP contribution < -0.4 is 20.1 Å². The van der Waals surface area contributed by atoms with Gasteiger partial charge in [0.2, 0.25) is 5.95 Å². The SMILES string of the molecule is COc1ccccc1CNc1nccc(C(=O)Nc2cc(Cl)ccc2OC)n1. The normalized spacial score (nSPS) is 10.2. The van der Waals surface area contributed by atoms with Crippen LogP contribution in [0.2, 0.25) is 5.02 Å². The number of rotatable bonds is 7. The Morgan fingerprint density at radius 3 is 2.64 bits per heavy atom. The van der Waals surface area contributed by atoms with Gasteiger partial charge in [-0.2, -0.15) is 0 Å². The van der Waals surface area contributed by atoms with E-state index in [1.807, 2.05) is 24.3 Å². The second-order valence-electron chi connectivity index (χ2n) is 5.73. The van der Waals surface area contributed by atoms with E-state index in [1.54, 1.807) is 25.3 Å². The lowest BCUT2D eigenvalue weighted by Crippen LogP contribution is -2.16. The Kier molecular flexibility index (Phi) is 6.29. The quantitative estimate of drug-likeness (QED) is 0.625. The van der Waals surface area contributed by atoms with Gasteiger partial charge in [-0.3, -0.25) is 4.79 Å². The number of anilines is 2. The highest BCUT2D eigenvalue weighted by atomic mass is 35.5. The van der Waals surface area contributed by atoms with Crippen molar-refractivity contribution in [1.82, 2.24) is 9.97 Å². The van der Waals surface area contributed by atoms with Gasteiger partial charge in [0.15, 0.2) is 0 Å². The van der Waals surface area contributed by atoms with E-state index in [0.29, 0.717) is 29.0 Å².